The summed E-state index contributed by atoms with van der Waals surface area (Å²) in [6.45, 7) is 6.19. The Morgan fingerprint density at radius 1 is 0.969 bits per heavy atom. The van der Waals surface area contributed by atoms with Crippen molar-refractivity contribution in [1.29, 1.82) is 0 Å². The van der Waals surface area contributed by atoms with Gasteiger partial charge in [-0.3, -0.25) is 19.0 Å². The highest BCUT2D eigenvalue weighted by Gasteiger charge is 2.25. The first kappa shape index (κ1) is 22.7. The summed E-state index contributed by atoms with van der Waals surface area (Å²) in [5.41, 5.74) is -0.0634. The third-order valence-corrected chi connectivity index (χ3v) is 7.01. The van der Waals surface area contributed by atoms with Crippen LogP contribution in [0.2, 0.25) is 0 Å². The number of para-hydroxylation sites is 2. The number of likely N-dealkylation sites (tertiary alicyclic amines) is 2. The second kappa shape index (κ2) is 10.4. The smallest absolute Gasteiger partial charge is 0.317 e. The van der Waals surface area contributed by atoms with Crippen molar-refractivity contribution in [2.75, 3.05) is 39.3 Å². The van der Waals surface area contributed by atoms with E-state index in [1.165, 1.54) is 54.3 Å². The van der Waals surface area contributed by atoms with Gasteiger partial charge in [-0.25, -0.2) is 0 Å². The molecular formula is C24H35N5O3. The molecule has 2 saturated heterocycles. The molecule has 1 aromatic carbocycles. The van der Waals surface area contributed by atoms with E-state index < -0.39 is 11.1 Å². The second-order valence-corrected chi connectivity index (χ2v) is 9.12. The Morgan fingerprint density at radius 3 is 2.38 bits per heavy atom. The van der Waals surface area contributed by atoms with Gasteiger partial charge in [0.2, 0.25) is 5.91 Å². The maximum absolute atomic E-state index is 12.5. The molecule has 2 aromatic rings. The quantitative estimate of drug-likeness (QED) is 0.515. The average molecular weight is 442 g/mol. The van der Waals surface area contributed by atoms with Crippen molar-refractivity contribution in [2.45, 2.75) is 51.1 Å². The van der Waals surface area contributed by atoms with Gasteiger partial charge >= 0.3 is 11.1 Å². The first-order chi connectivity index (χ1) is 15.5. The minimum atomic E-state index is -0.669. The van der Waals surface area contributed by atoms with Gasteiger partial charge in [0, 0.05) is 19.6 Å². The highest BCUT2D eigenvalue weighted by molar-refractivity contribution is 5.80. The fraction of sp³-hybridized carbons (Fsp3) is 0.625. The van der Waals surface area contributed by atoms with E-state index in [0.717, 1.165) is 32.1 Å². The van der Waals surface area contributed by atoms with E-state index in [-0.39, 0.29) is 12.5 Å². The molecule has 174 valence electrons. The van der Waals surface area contributed by atoms with E-state index in [1.54, 1.807) is 25.2 Å². The van der Waals surface area contributed by atoms with Gasteiger partial charge in [-0.15, -0.1) is 0 Å². The first-order valence-electron chi connectivity index (χ1n) is 12.0. The number of carbonyl (C=O) groups is 1. The van der Waals surface area contributed by atoms with E-state index in [4.69, 9.17) is 0 Å². The fourth-order valence-corrected chi connectivity index (χ4v) is 5.13. The number of hydrogen-bond donors (Lipinski definition) is 1. The molecule has 0 aliphatic carbocycles. The molecule has 1 amide bonds. The molecule has 8 heteroatoms. The zero-order valence-corrected chi connectivity index (χ0v) is 19.1. The molecule has 8 nitrogen and oxygen atoms in total. The summed E-state index contributed by atoms with van der Waals surface area (Å²) in [7, 11) is 1.58. The molecule has 0 radical (unpaired) electrons. The van der Waals surface area contributed by atoms with Gasteiger partial charge in [0.15, 0.2) is 0 Å². The molecule has 1 aromatic heterocycles. The van der Waals surface area contributed by atoms with E-state index in [9.17, 15) is 14.4 Å². The lowest BCUT2D eigenvalue weighted by Gasteiger charge is -2.40. The molecule has 2 aliphatic rings. The molecule has 0 atom stereocenters. The van der Waals surface area contributed by atoms with Gasteiger partial charge in [0.1, 0.15) is 6.54 Å². The Morgan fingerprint density at radius 2 is 1.66 bits per heavy atom. The van der Waals surface area contributed by atoms with Crippen LogP contribution in [0.4, 0.5) is 0 Å². The summed E-state index contributed by atoms with van der Waals surface area (Å²) in [4.78, 5) is 42.3. The summed E-state index contributed by atoms with van der Waals surface area (Å²) in [5, 5.41) is 2.91. The molecule has 2 fully saturated rings. The topological polar surface area (TPSA) is 79.6 Å². The number of rotatable bonds is 7. The zero-order valence-electron chi connectivity index (χ0n) is 19.1. The Kier molecular flexibility index (Phi) is 7.42. The summed E-state index contributed by atoms with van der Waals surface area (Å²) in [5.74, 6) is -0.241. The van der Waals surface area contributed by atoms with Crippen LogP contribution >= 0.6 is 0 Å². The van der Waals surface area contributed by atoms with Gasteiger partial charge in [0.25, 0.3) is 0 Å². The molecule has 1 N–H and O–H groups in total. The van der Waals surface area contributed by atoms with Crippen LogP contribution in [0.25, 0.3) is 11.0 Å². The van der Waals surface area contributed by atoms with Crippen molar-refractivity contribution in [3.63, 3.8) is 0 Å². The summed E-state index contributed by atoms with van der Waals surface area (Å²) < 4.78 is 2.61. The van der Waals surface area contributed by atoms with Crippen molar-refractivity contribution in [3.05, 3.63) is 45.0 Å². The molecule has 32 heavy (non-hydrogen) atoms. The largest absolute Gasteiger partial charge is 0.355 e. The fourth-order valence-electron chi connectivity index (χ4n) is 5.13. The molecule has 4 rings (SSSR count). The highest BCUT2D eigenvalue weighted by atomic mass is 16.2. The Hall–Kier alpha value is -2.45. The lowest BCUT2D eigenvalue weighted by atomic mass is 10.00. The second-order valence-electron chi connectivity index (χ2n) is 9.12. The van der Waals surface area contributed by atoms with Crippen molar-refractivity contribution in [1.82, 2.24) is 24.3 Å². The van der Waals surface area contributed by atoms with Crippen LogP contribution in [0.5, 0.6) is 0 Å². The van der Waals surface area contributed by atoms with Gasteiger partial charge < -0.3 is 19.7 Å². The third kappa shape index (κ3) is 5.13. The van der Waals surface area contributed by atoms with Crippen molar-refractivity contribution < 1.29 is 4.79 Å². The number of nitrogens with one attached hydrogen (secondary N) is 1. The van der Waals surface area contributed by atoms with Crippen LogP contribution in [0.15, 0.2) is 33.9 Å². The molecule has 0 unspecified atom stereocenters. The minimum absolute atomic E-state index is 0.142. The van der Waals surface area contributed by atoms with E-state index >= 15 is 0 Å². The number of aryl methyl sites for hydroxylation is 1. The van der Waals surface area contributed by atoms with Crippen LogP contribution < -0.4 is 16.4 Å². The Bertz CT molecular complexity index is 1050. The molecule has 0 saturated carbocycles. The zero-order chi connectivity index (χ0) is 22.5. The van der Waals surface area contributed by atoms with Crippen molar-refractivity contribution in [3.8, 4) is 0 Å². The number of fused-ring (bicyclic) bond motifs is 1. The number of carbonyl (C=O) groups excluding carboxylic acids is 1. The number of amides is 1. The molecule has 0 bridgehead atoms. The van der Waals surface area contributed by atoms with Crippen molar-refractivity contribution >= 4 is 16.9 Å². The number of benzene rings is 1. The monoisotopic (exact) mass is 441 g/mol. The summed E-state index contributed by atoms with van der Waals surface area (Å²) >= 11 is 0. The van der Waals surface area contributed by atoms with E-state index in [2.05, 4.69) is 15.1 Å². The molecule has 3 heterocycles. The molecule has 2 aliphatic heterocycles. The standard InChI is InChI=1S/C24H35N5O3/c1-26-20-8-3-4-9-21(20)29(24(32)23(26)31)18-22(30)25-12-7-13-27-16-10-19(11-17-27)28-14-5-2-6-15-28/h3-4,8-9,19H,2,5-7,10-18H2,1H3,(H,25,30). The van der Waals surface area contributed by atoms with Gasteiger partial charge in [-0.05, 0) is 77.0 Å². The molecule has 0 spiro atoms. The first-order valence-corrected chi connectivity index (χ1v) is 12.0. The SMILES string of the molecule is Cn1c(=O)c(=O)n(CC(=O)NCCCN2CCC(N3CCCCC3)CC2)c2ccccc21. The van der Waals surface area contributed by atoms with Crippen LogP contribution in [-0.2, 0) is 18.4 Å². The normalized spacial score (nSPS) is 18.8. The predicted octanol–water partition coefficient (Wildman–Crippen LogP) is 1.16. The molecular weight excluding hydrogens is 406 g/mol. The lowest BCUT2D eigenvalue weighted by Crippen LogP contribution is -2.47. The van der Waals surface area contributed by atoms with Crippen LogP contribution in [-0.4, -0.2) is 70.2 Å². The lowest BCUT2D eigenvalue weighted by molar-refractivity contribution is -0.121. The Labute approximate surface area is 188 Å². The summed E-state index contributed by atoms with van der Waals surface area (Å²) in [6.07, 6.45) is 7.44. The van der Waals surface area contributed by atoms with Crippen LogP contribution in [0, 0.1) is 0 Å². The van der Waals surface area contributed by atoms with Crippen LogP contribution in [0.1, 0.15) is 38.5 Å². The number of hydrogen-bond acceptors (Lipinski definition) is 5. The van der Waals surface area contributed by atoms with Crippen molar-refractivity contribution in [2.24, 2.45) is 7.05 Å². The van der Waals surface area contributed by atoms with Gasteiger partial charge in [0.05, 0.1) is 11.0 Å². The maximum Gasteiger partial charge on any atom is 0.317 e. The van der Waals surface area contributed by atoms with Crippen LogP contribution in [0.3, 0.4) is 0 Å². The number of aromatic nitrogens is 2. The number of nitrogens with zero attached hydrogens (tertiary/aromatic N) is 4. The summed E-state index contributed by atoms with van der Waals surface area (Å²) in [6, 6.07) is 7.90. The van der Waals surface area contributed by atoms with E-state index in [0.29, 0.717) is 17.6 Å². The maximum atomic E-state index is 12.5. The predicted molar refractivity (Wildman–Crippen MR) is 126 cm³/mol. The third-order valence-electron chi connectivity index (χ3n) is 7.01. The van der Waals surface area contributed by atoms with E-state index in [1.807, 2.05) is 6.07 Å². The number of piperidine rings is 2. The minimum Gasteiger partial charge on any atom is -0.355 e. The average Bonchev–Trinajstić information content (AvgIpc) is 2.84. The highest BCUT2D eigenvalue weighted by Crippen LogP contribution is 2.20. The Balaban J connectivity index is 1.23. The van der Waals surface area contributed by atoms with Gasteiger partial charge in [-0.1, -0.05) is 18.6 Å². The van der Waals surface area contributed by atoms with Gasteiger partial charge in [-0.2, -0.15) is 0 Å².